The highest BCUT2D eigenvalue weighted by molar-refractivity contribution is 5.82. The maximum absolute atomic E-state index is 14.1. The van der Waals surface area contributed by atoms with Crippen molar-refractivity contribution in [1.29, 1.82) is 0 Å². The summed E-state index contributed by atoms with van der Waals surface area (Å²) in [5.74, 6) is -4.25. The number of esters is 5. The molecule has 0 bridgehead atoms. The normalized spacial score (nSPS) is 16.4. The Labute approximate surface area is 414 Å². The van der Waals surface area contributed by atoms with Crippen molar-refractivity contribution >= 4 is 41.4 Å². The molecular weight excluding hydrogens is 925 g/mol. The Bertz CT molecular complexity index is 2140. The average Bonchev–Trinajstić information content (AvgIpc) is 3.34. The van der Waals surface area contributed by atoms with Gasteiger partial charge in [0.05, 0.1) is 38.6 Å². The Kier molecular flexibility index (Phi) is 21.7. The van der Waals surface area contributed by atoms with Crippen LogP contribution in [0.5, 0.6) is 11.5 Å². The fraction of sp³-hybridized carbons (Fsp3) is 0.528. The number of aliphatic hydroxyl groups excluding tert-OH is 2. The second-order valence-electron chi connectivity index (χ2n) is 19.1. The number of benzene rings is 3. The quantitative estimate of drug-likeness (QED) is 0.0431. The molecule has 1 saturated heterocycles. The smallest absolute Gasteiger partial charge is 0.319 e. The number of hydrogen-bond acceptors (Lipinski definition) is 18. The predicted molar refractivity (Wildman–Crippen MR) is 253 cm³/mol. The molecule has 1 heterocycles. The lowest BCUT2D eigenvalue weighted by Gasteiger charge is -2.40. The van der Waals surface area contributed by atoms with E-state index in [0.29, 0.717) is 28.2 Å². The van der Waals surface area contributed by atoms with Crippen LogP contribution in [0.1, 0.15) is 116 Å². The highest BCUT2D eigenvalue weighted by Gasteiger charge is 2.47. The Morgan fingerprint density at radius 3 is 1.42 bits per heavy atom. The third-order valence-corrected chi connectivity index (χ3v) is 11.4. The van der Waals surface area contributed by atoms with Gasteiger partial charge in [-0.1, -0.05) is 54.6 Å². The highest BCUT2D eigenvalue weighted by Crippen LogP contribution is 2.33. The van der Waals surface area contributed by atoms with Crippen LogP contribution < -0.4 is 9.47 Å². The molecule has 1 aliphatic rings. The van der Waals surface area contributed by atoms with E-state index in [4.69, 9.17) is 42.6 Å². The molecule has 388 valence electrons. The van der Waals surface area contributed by atoms with Gasteiger partial charge in [0.25, 0.3) is 0 Å². The number of ketones is 2. The van der Waals surface area contributed by atoms with Gasteiger partial charge in [-0.15, -0.1) is 0 Å². The van der Waals surface area contributed by atoms with Crippen molar-refractivity contribution in [2.24, 2.45) is 16.2 Å². The van der Waals surface area contributed by atoms with E-state index < -0.39 is 90.5 Å². The Morgan fingerprint density at radius 1 is 0.577 bits per heavy atom. The van der Waals surface area contributed by atoms with Gasteiger partial charge in [-0.05, 0) is 102 Å². The van der Waals surface area contributed by atoms with E-state index in [2.05, 4.69) is 0 Å². The van der Waals surface area contributed by atoms with Crippen molar-refractivity contribution < 1.29 is 86.4 Å². The standard InChI is InChI=1S/C53H68O18/c1-36(54)27-43(56)39-17-21-41(22-18-39)63-25-11-15-45(58)66-30-51(5,31-67-46(59)16-12-26-64-42-23-19-40(20-24-42)44(57)28-37(2)55)48(61)68-32-52(6,47(60)65-29-38-13-9-8-10-14-38)33-69-49(62)53(7)34-70-50(3,4)71-35-53/h8-10,13-14,17-24,43-44,56-57H,11-12,15-16,25-35H2,1-7H3. The minimum atomic E-state index is -1.80. The Balaban J connectivity index is 1.40. The molecule has 3 aromatic carbocycles. The monoisotopic (exact) mass is 992 g/mol. The summed E-state index contributed by atoms with van der Waals surface area (Å²) in [5.41, 5.74) is -3.00. The second-order valence-corrected chi connectivity index (χ2v) is 19.1. The number of rotatable bonds is 29. The van der Waals surface area contributed by atoms with Gasteiger partial charge in [-0.25, -0.2) is 0 Å². The molecule has 3 aromatic rings. The molecule has 3 atom stereocenters. The zero-order valence-electron chi connectivity index (χ0n) is 41.7. The fourth-order valence-electron chi connectivity index (χ4n) is 6.67. The molecular formula is C53H68O18. The van der Waals surface area contributed by atoms with Gasteiger partial charge in [0.1, 0.15) is 72.3 Å². The zero-order valence-corrected chi connectivity index (χ0v) is 41.7. The van der Waals surface area contributed by atoms with Crippen LogP contribution in [0.3, 0.4) is 0 Å². The van der Waals surface area contributed by atoms with Crippen molar-refractivity contribution in [3.05, 3.63) is 95.6 Å². The number of Topliss-reactive ketones (excluding diaryl/α,β-unsaturated/α-hetero) is 2. The summed E-state index contributed by atoms with van der Waals surface area (Å²) in [5, 5.41) is 20.4. The van der Waals surface area contributed by atoms with Gasteiger partial charge in [-0.2, -0.15) is 0 Å². The van der Waals surface area contributed by atoms with Crippen molar-refractivity contribution in [1.82, 2.24) is 0 Å². The van der Waals surface area contributed by atoms with Gasteiger partial charge in [-0.3, -0.25) is 33.6 Å². The lowest BCUT2D eigenvalue weighted by Crippen LogP contribution is -2.51. The molecule has 2 N–H and O–H groups in total. The van der Waals surface area contributed by atoms with E-state index >= 15 is 0 Å². The van der Waals surface area contributed by atoms with E-state index in [-0.39, 0.29) is 83.1 Å². The van der Waals surface area contributed by atoms with Gasteiger partial charge >= 0.3 is 29.8 Å². The summed E-state index contributed by atoms with van der Waals surface area (Å²) >= 11 is 0. The van der Waals surface area contributed by atoms with Crippen LogP contribution in [-0.2, 0) is 73.3 Å². The molecule has 0 aromatic heterocycles. The molecule has 0 aliphatic carbocycles. The molecule has 71 heavy (non-hydrogen) atoms. The Morgan fingerprint density at radius 2 is 0.986 bits per heavy atom. The zero-order chi connectivity index (χ0) is 52.2. The lowest BCUT2D eigenvalue weighted by molar-refractivity contribution is -0.282. The van der Waals surface area contributed by atoms with E-state index in [9.17, 15) is 43.8 Å². The van der Waals surface area contributed by atoms with Crippen LogP contribution in [0.4, 0.5) is 0 Å². The predicted octanol–water partition coefficient (Wildman–Crippen LogP) is 6.45. The van der Waals surface area contributed by atoms with Crippen molar-refractivity contribution in [2.75, 3.05) is 52.9 Å². The summed E-state index contributed by atoms with van der Waals surface area (Å²) in [6.45, 7) is 8.19. The van der Waals surface area contributed by atoms with Crippen molar-refractivity contribution in [2.45, 2.75) is 112 Å². The van der Waals surface area contributed by atoms with Crippen molar-refractivity contribution in [3.63, 3.8) is 0 Å². The van der Waals surface area contributed by atoms with E-state index in [0.717, 1.165) is 0 Å². The van der Waals surface area contributed by atoms with Crippen LogP contribution >= 0.6 is 0 Å². The van der Waals surface area contributed by atoms with E-state index in [1.807, 2.05) is 0 Å². The minimum absolute atomic E-state index is 0.0148. The molecule has 18 nitrogen and oxygen atoms in total. The molecule has 0 spiro atoms. The summed E-state index contributed by atoms with van der Waals surface area (Å²) in [7, 11) is 0. The summed E-state index contributed by atoms with van der Waals surface area (Å²) in [4.78, 5) is 90.2. The topological polar surface area (TPSA) is 243 Å². The fourth-order valence-corrected chi connectivity index (χ4v) is 6.67. The molecule has 0 radical (unpaired) electrons. The molecule has 0 amide bonds. The van der Waals surface area contributed by atoms with Gasteiger partial charge in [0.15, 0.2) is 5.79 Å². The number of ether oxygens (including phenoxy) is 9. The van der Waals surface area contributed by atoms with Gasteiger partial charge < -0.3 is 52.8 Å². The summed E-state index contributed by atoms with van der Waals surface area (Å²) in [6.07, 6.45) is -1.71. The first-order valence-electron chi connectivity index (χ1n) is 23.5. The first-order chi connectivity index (χ1) is 33.5. The Hall–Kier alpha value is -6.21. The van der Waals surface area contributed by atoms with Crippen molar-refractivity contribution in [3.8, 4) is 11.5 Å². The summed E-state index contributed by atoms with van der Waals surface area (Å²) < 4.78 is 51.0. The van der Waals surface area contributed by atoms with Gasteiger partial charge in [0, 0.05) is 25.7 Å². The SMILES string of the molecule is CC(=O)CC(O)c1ccc(OCCCC(=O)OCC(C)(COC(=O)CCCOc2ccc(C(O)CC(C)=O)cc2)C(=O)OCC(C)(COC(=O)C2(C)COC(C)(C)OC2)C(=O)OCc2ccccc2)cc1. The van der Waals surface area contributed by atoms with Gasteiger partial charge in [0.2, 0.25) is 0 Å². The van der Waals surface area contributed by atoms with E-state index in [1.165, 1.54) is 27.7 Å². The van der Waals surface area contributed by atoms with Crippen LogP contribution in [0.25, 0.3) is 0 Å². The number of hydrogen-bond donors (Lipinski definition) is 2. The average molecular weight is 993 g/mol. The second kappa shape index (κ2) is 26.8. The molecule has 0 saturated carbocycles. The first kappa shape index (κ1) is 57.4. The van der Waals surface area contributed by atoms with Crippen LogP contribution in [-0.4, -0.2) is 110 Å². The van der Waals surface area contributed by atoms with E-state index in [1.54, 1.807) is 99.6 Å². The maximum atomic E-state index is 14.1. The number of aliphatic hydroxyl groups is 2. The summed E-state index contributed by atoms with van der Waals surface area (Å²) in [6, 6.07) is 21.9. The molecule has 1 aliphatic heterocycles. The molecule has 18 heteroatoms. The third-order valence-electron chi connectivity index (χ3n) is 11.4. The largest absolute Gasteiger partial charge is 0.494 e. The van der Waals surface area contributed by atoms with Crippen LogP contribution in [0.2, 0.25) is 0 Å². The molecule has 3 unspecified atom stereocenters. The number of carbonyl (C=O) groups excluding carboxylic acids is 7. The molecule has 1 fully saturated rings. The van der Waals surface area contributed by atoms with Crippen LogP contribution in [0, 0.1) is 16.2 Å². The maximum Gasteiger partial charge on any atom is 0.319 e. The first-order valence-corrected chi connectivity index (χ1v) is 23.5. The minimum Gasteiger partial charge on any atom is -0.494 e. The highest BCUT2D eigenvalue weighted by atomic mass is 16.7. The lowest BCUT2D eigenvalue weighted by atomic mass is 9.90. The third kappa shape index (κ3) is 19.1. The molecule has 4 rings (SSSR count). The number of carbonyl (C=O) groups is 7. The van der Waals surface area contributed by atoms with Crippen LogP contribution in [0.15, 0.2) is 78.9 Å².